The van der Waals surface area contributed by atoms with Crippen LogP contribution in [0.3, 0.4) is 0 Å². The highest BCUT2D eigenvalue weighted by Gasteiger charge is 2.30. The summed E-state index contributed by atoms with van der Waals surface area (Å²) in [5, 5.41) is 15.3. The molecule has 38 heavy (non-hydrogen) atoms. The number of carbonyl (C=O) groups is 1. The van der Waals surface area contributed by atoms with Gasteiger partial charge in [0.1, 0.15) is 0 Å². The van der Waals surface area contributed by atoms with Crippen LogP contribution in [0.2, 0.25) is 0 Å². The second-order valence-corrected chi connectivity index (χ2v) is 11.2. The van der Waals surface area contributed by atoms with Crippen molar-refractivity contribution in [1.29, 1.82) is 0 Å². The summed E-state index contributed by atoms with van der Waals surface area (Å²) >= 11 is 0. The summed E-state index contributed by atoms with van der Waals surface area (Å²) in [6.45, 7) is -0.397. The Morgan fingerprint density at radius 1 is 1.05 bits per heavy atom. The molecule has 0 aliphatic rings. The van der Waals surface area contributed by atoms with E-state index in [9.17, 15) is 27.3 Å². The third-order valence-electron chi connectivity index (χ3n) is 6.05. The molecule has 2 aromatic carbocycles. The predicted octanol–water partition coefficient (Wildman–Crippen LogP) is 4.73. The topological polar surface area (TPSA) is 102 Å². The molecular weight excluding hydrogens is 519 g/mol. The Hall–Kier alpha value is -4.03. The predicted molar refractivity (Wildman–Crippen MR) is 137 cm³/mol. The third-order valence-corrected chi connectivity index (χ3v) is 8.15. The van der Waals surface area contributed by atoms with Gasteiger partial charge in [0.15, 0.2) is 5.65 Å². The van der Waals surface area contributed by atoms with Gasteiger partial charge in [0.05, 0.1) is 38.9 Å². The maximum Gasteiger partial charge on any atom is 0.416 e. The van der Waals surface area contributed by atoms with Crippen molar-refractivity contribution in [2.24, 2.45) is 11.4 Å². The van der Waals surface area contributed by atoms with E-state index in [0.717, 1.165) is 12.1 Å². The number of amides is 1. The van der Waals surface area contributed by atoms with E-state index >= 15 is 0 Å². The van der Waals surface area contributed by atoms with Crippen molar-refractivity contribution in [3.63, 3.8) is 0 Å². The van der Waals surface area contributed by atoms with Crippen molar-refractivity contribution in [1.82, 2.24) is 19.3 Å². The van der Waals surface area contributed by atoms with Crippen molar-refractivity contribution in [3.05, 3.63) is 89.9 Å². The summed E-state index contributed by atoms with van der Waals surface area (Å²) in [5.74, 6) is -0.875. The van der Waals surface area contributed by atoms with Gasteiger partial charge < -0.3 is 5.11 Å². The third kappa shape index (κ3) is 4.92. The number of aliphatic hydroxyl groups is 1. The molecule has 12 heteroatoms. The van der Waals surface area contributed by atoms with Gasteiger partial charge in [-0.1, -0.05) is 0 Å². The highest BCUT2D eigenvalue weighted by atomic mass is 32.2. The van der Waals surface area contributed by atoms with Crippen LogP contribution >= 0.6 is 0 Å². The lowest BCUT2D eigenvalue weighted by atomic mass is 10.1. The van der Waals surface area contributed by atoms with E-state index < -0.39 is 34.0 Å². The van der Waals surface area contributed by atoms with Crippen LogP contribution in [-0.4, -0.2) is 46.9 Å². The van der Waals surface area contributed by atoms with Gasteiger partial charge in [-0.25, -0.2) is 4.21 Å². The summed E-state index contributed by atoms with van der Waals surface area (Å²) in [4.78, 5) is 17.1. The second kappa shape index (κ2) is 9.69. The molecular formula is C26H22F3N5O3S. The largest absolute Gasteiger partial charge is 0.416 e. The summed E-state index contributed by atoms with van der Waals surface area (Å²) < 4.78 is 60.0. The fraction of sp³-hybridized carbons (Fsp3) is 0.192. The number of pyridine rings is 1. The van der Waals surface area contributed by atoms with E-state index in [2.05, 4.69) is 14.4 Å². The van der Waals surface area contributed by atoms with Crippen LogP contribution in [0.15, 0.2) is 77.6 Å². The molecule has 0 aliphatic carbocycles. The lowest BCUT2D eigenvalue weighted by molar-refractivity contribution is -0.137. The van der Waals surface area contributed by atoms with Crippen LogP contribution in [0, 0.1) is 0 Å². The van der Waals surface area contributed by atoms with Crippen molar-refractivity contribution in [2.75, 3.05) is 12.4 Å². The molecule has 0 aliphatic heterocycles. The molecule has 0 bridgehead atoms. The summed E-state index contributed by atoms with van der Waals surface area (Å²) in [6, 6.07) is 12.9. The molecule has 5 aromatic rings. The Balaban J connectivity index is 1.59. The zero-order valence-electron chi connectivity index (χ0n) is 20.1. The highest BCUT2D eigenvalue weighted by Crippen LogP contribution is 2.34. The lowest BCUT2D eigenvalue weighted by Crippen LogP contribution is -2.15. The molecule has 1 N–H and O–H groups in total. The average molecular weight is 542 g/mol. The maximum absolute atomic E-state index is 13.4. The van der Waals surface area contributed by atoms with Gasteiger partial charge in [0, 0.05) is 47.7 Å². The Bertz CT molecular complexity index is 1770. The number of aromatic nitrogens is 4. The lowest BCUT2D eigenvalue weighted by Gasteiger charge is -2.10. The SMILES string of the molecule is Cn1cc2c3cc(C(=O)N=[S@@](=O)(CCO)Cc4ccncc4)ccc3n(-c3ccc(C(F)(F)F)cc3)c2n1. The number of fused-ring (bicyclic) bond motifs is 3. The number of aryl methyl sites for hydroxylation is 1. The van der Waals surface area contributed by atoms with E-state index in [0.29, 0.717) is 33.2 Å². The summed E-state index contributed by atoms with van der Waals surface area (Å²) in [7, 11) is -1.38. The number of carbonyl (C=O) groups excluding carboxylic acids is 1. The van der Waals surface area contributed by atoms with Gasteiger partial charge in [0.25, 0.3) is 5.91 Å². The molecule has 8 nitrogen and oxygen atoms in total. The van der Waals surface area contributed by atoms with Crippen LogP contribution in [0.1, 0.15) is 21.5 Å². The molecule has 0 unspecified atom stereocenters. The molecule has 1 atom stereocenters. The van der Waals surface area contributed by atoms with E-state index in [1.807, 2.05) is 0 Å². The molecule has 0 spiro atoms. The minimum Gasteiger partial charge on any atom is -0.395 e. The highest BCUT2D eigenvalue weighted by molar-refractivity contribution is 7.93. The number of hydrogen-bond donors (Lipinski definition) is 1. The first kappa shape index (κ1) is 25.6. The quantitative estimate of drug-likeness (QED) is 0.335. The minimum atomic E-state index is -4.46. The molecule has 0 saturated carbocycles. The number of hydrogen-bond acceptors (Lipinski definition) is 5. The van der Waals surface area contributed by atoms with E-state index in [4.69, 9.17) is 0 Å². The van der Waals surface area contributed by atoms with Gasteiger partial charge in [-0.3, -0.25) is 19.0 Å². The van der Waals surface area contributed by atoms with Crippen LogP contribution in [-0.2, 0) is 28.7 Å². The zero-order chi connectivity index (χ0) is 27.1. The number of rotatable bonds is 6. The first-order chi connectivity index (χ1) is 18.1. The molecule has 0 fully saturated rings. The zero-order valence-corrected chi connectivity index (χ0v) is 20.9. The van der Waals surface area contributed by atoms with Gasteiger partial charge in [-0.05, 0) is 60.2 Å². The van der Waals surface area contributed by atoms with Gasteiger partial charge in [0.2, 0.25) is 0 Å². The molecule has 196 valence electrons. The van der Waals surface area contributed by atoms with Crippen LogP contribution in [0.5, 0.6) is 0 Å². The standard InChI is InChI=1S/C26H22F3N5O3S/c1-33-15-22-21-14-18(25(36)32-38(37,13-12-35)16-17-8-10-30-11-9-17)2-7-23(21)34(24(22)31-33)20-5-3-19(4-6-20)26(27,28)29/h2-11,14-15,35H,12-13,16H2,1H3/t38-/m1/s1. The van der Waals surface area contributed by atoms with Crippen molar-refractivity contribution in [2.45, 2.75) is 11.9 Å². The molecule has 3 aromatic heterocycles. The summed E-state index contributed by atoms with van der Waals surface area (Å²) in [6.07, 6.45) is 0.388. The first-order valence-electron chi connectivity index (χ1n) is 11.5. The van der Waals surface area contributed by atoms with Crippen LogP contribution < -0.4 is 0 Å². The number of nitrogens with zero attached hydrogens (tertiary/aromatic N) is 5. The number of benzene rings is 2. The monoisotopic (exact) mass is 541 g/mol. The van der Waals surface area contributed by atoms with E-state index in [-0.39, 0.29) is 17.1 Å². The van der Waals surface area contributed by atoms with Crippen molar-refractivity contribution in [3.8, 4) is 5.69 Å². The molecule has 1 amide bonds. The Labute approximate surface area is 215 Å². The van der Waals surface area contributed by atoms with Crippen LogP contribution in [0.25, 0.3) is 27.6 Å². The Morgan fingerprint density at radius 2 is 1.76 bits per heavy atom. The second-order valence-electron chi connectivity index (χ2n) is 8.75. The first-order valence-corrected chi connectivity index (χ1v) is 13.4. The van der Waals surface area contributed by atoms with E-state index in [1.54, 1.807) is 59.2 Å². The summed E-state index contributed by atoms with van der Waals surface area (Å²) in [5.41, 5.74) is 1.72. The normalized spacial score (nSPS) is 13.6. The van der Waals surface area contributed by atoms with Crippen molar-refractivity contribution < 1.29 is 27.3 Å². The van der Waals surface area contributed by atoms with Crippen LogP contribution in [0.4, 0.5) is 13.2 Å². The fourth-order valence-electron chi connectivity index (χ4n) is 4.32. The molecule has 0 saturated heterocycles. The number of alkyl halides is 3. The Morgan fingerprint density at radius 3 is 2.42 bits per heavy atom. The molecule has 3 heterocycles. The number of aliphatic hydroxyl groups excluding tert-OH is 1. The van der Waals surface area contributed by atoms with Gasteiger partial charge in [-0.2, -0.15) is 22.6 Å². The Kier molecular flexibility index (Phi) is 6.53. The fourth-order valence-corrected chi connectivity index (χ4v) is 6.03. The average Bonchev–Trinajstić information content (AvgIpc) is 3.38. The maximum atomic E-state index is 13.4. The van der Waals surface area contributed by atoms with Gasteiger partial charge >= 0.3 is 6.18 Å². The number of halogens is 3. The van der Waals surface area contributed by atoms with E-state index in [1.165, 1.54) is 18.2 Å². The van der Waals surface area contributed by atoms with Gasteiger partial charge in [-0.15, -0.1) is 0 Å². The molecule has 5 rings (SSSR count). The molecule has 0 radical (unpaired) electrons. The van der Waals surface area contributed by atoms with Crippen molar-refractivity contribution >= 4 is 37.6 Å². The smallest absolute Gasteiger partial charge is 0.395 e. The minimum absolute atomic E-state index is 0.0127.